The van der Waals surface area contributed by atoms with Crippen molar-refractivity contribution in [1.82, 2.24) is 14.7 Å². The summed E-state index contributed by atoms with van der Waals surface area (Å²) in [6.07, 6.45) is 2.61. The zero-order chi connectivity index (χ0) is 19.4. The number of amides is 1. The summed E-state index contributed by atoms with van der Waals surface area (Å²) in [4.78, 5) is 14.5. The predicted molar refractivity (Wildman–Crippen MR) is 109 cm³/mol. The Kier molecular flexibility index (Phi) is 7.98. The molecule has 2 aromatic rings. The van der Waals surface area contributed by atoms with Gasteiger partial charge in [0.15, 0.2) is 0 Å². The summed E-state index contributed by atoms with van der Waals surface area (Å²) in [6.45, 7) is 6.26. The van der Waals surface area contributed by atoms with Crippen molar-refractivity contribution in [3.05, 3.63) is 47.0 Å². The zero-order valence-corrected chi connectivity index (χ0v) is 17.2. The average molecular weight is 411 g/mol. The first-order valence-electron chi connectivity index (χ1n) is 9.43. The van der Waals surface area contributed by atoms with E-state index in [4.69, 9.17) is 10.5 Å². The largest absolute Gasteiger partial charge is 0.378 e. The lowest BCUT2D eigenvalue weighted by Crippen LogP contribution is -2.41. The Morgan fingerprint density at radius 3 is 2.57 bits per heavy atom. The van der Waals surface area contributed by atoms with Crippen LogP contribution in [0.2, 0.25) is 0 Å². The summed E-state index contributed by atoms with van der Waals surface area (Å²) in [7, 11) is 0. The number of nitrogens with two attached hydrogens (primary N) is 1. The number of hydrogen-bond acceptors (Lipinski definition) is 4. The number of likely N-dealkylation sites (tertiary alicyclic amines) is 1. The molecule has 2 N–H and O–H groups in total. The van der Waals surface area contributed by atoms with E-state index in [-0.39, 0.29) is 24.4 Å². The Labute approximate surface area is 171 Å². The van der Waals surface area contributed by atoms with E-state index in [0.717, 1.165) is 30.7 Å². The van der Waals surface area contributed by atoms with Crippen molar-refractivity contribution in [2.75, 3.05) is 26.2 Å². The molecule has 1 aliphatic rings. The van der Waals surface area contributed by atoms with Gasteiger partial charge in [-0.05, 0) is 63.9 Å². The van der Waals surface area contributed by atoms with Crippen LogP contribution in [0.3, 0.4) is 0 Å². The van der Waals surface area contributed by atoms with Gasteiger partial charge < -0.3 is 15.4 Å². The van der Waals surface area contributed by atoms with E-state index < -0.39 is 5.82 Å². The predicted octanol–water partition coefficient (Wildman–Crippen LogP) is 3.02. The zero-order valence-electron chi connectivity index (χ0n) is 16.4. The van der Waals surface area contributed by atoms with Crippen LogP contribution in [-0.4, -0.2) is 52.9 Å². The maximum absolute atomic E-state index is 14.6. The van der Waals surface area contributed by atoms with Gasteiger partial charge in [0.05, 0.1) is 11.8 Å². The number of carbonyl (C=O) groups is 1. The molecule has 154 valence electrons. The van der Waals surface area contributed by atoms with Crippen LogP contribution in [0, 0.1) is 19.7 Å². The fourth-order valence-electron chi connectivity index (χ4n) is 3.43. The molecule has 1 saturated heterocycles. The summed E-state index contributed by atoms with van der Waals surface area (Å²) in [6, 6.07) is 6.47. The second-order valence-electron chi connectivity index (χ2n) is 7.01. The first-order valence-corrected chi connectivity index (χ1v) is 9.43. The van der Waals surface area contributed by atoms with Crippen LogP contribution < -0.4 is 5.73 Å². The van der Waals surface area contributed by atoms with E-state index in [0.29, 0.717) is 37.5 Å². The highest BCUT2D eigenvalue weighted by atomic mass is 35.5. The van der Waals surface area contributed by atoms with Gasteiger partial charge in [0.1, 0.15) is 11.5 Å². The van der Waals surface area contributed by atoms with E-state index in [2.05, 4.69) is 5.10 Å². The van der Waals surface area contributed by atoms with Crippen LogP contribution in [0.1, 0.15) is 41.0 Å². The number of aromatic nitrogens is 2. The minimum atomic E-state index is -0.452. The van der Waals surface area contributed by atoms with Crippen molar-refractivity contribution >= 4 is 18.3 Å². The normalized spacial score (nSPS) is 14.8. The van der Waals surface area contributed by atoms with Crippen molar-refractivity contribution in [2.24, 2.45) is 5.73 Å². The van der Waals surface area contributed by atoms with E-state index in [1.54, 1.807) is 21.7 Å². The number of ether oxygens (including phenoxy) is 1. The van der Waals surface area contributed by atoms with Crippen molar-refractivity contribution in [3.63, 3.8) is 0 Å². The summed E-state index contributed by atoms with van der Waals surface area (Å²) in [5.41, 5.74) is 7.86. The Hall–Kier alpha value is -1.96. The molecule has 1 fully saturated rings. The van der Waals surface area contributed by atoms with Gasteiger partial charge in [-0.15, -0.1) is 12.4 Å². The van der Waals surface area contributed by atoms with Crippen molar-refractivity contribution in [2.45, 2.75) is 39.2 Å². The third-order valence-electron chi connectivity index (χ3n) is 4.86. The van der Waals surface area contributed by atoms with Gasteiger partial charge in [0, 0.05) is 31.0 Å². The molecule has 1 aromatic heterocycles. The number of nitrogens with zero attached hydrogens (tertiary/aromatic N) is 3. The van der Waals surface area contributed by atoms with Crippen LogP contribution in [0.25, 0.3) is 5.69 Å². The third-order valence-corrected chi connectivity index (χ3v) is 4.86. The van der Waals surface area contributed by atoms with Gasteiger partial charge in [0.2, 0.25) is 0 Å². The lowest BCUT2D eigenvalue weighted by Gasteiger charge is -2.32. The number of hydrogen-bond donors (Lipinski definition) is 1. The highest BCUT2D eigenvalue weighted by molar-refractivity contribution is 5.94. The number of halogens is 2. The lowest BCUT2D eigenvalue weighted by atomic mass is 10.1. The maximum atomic E-state index is 14.6. The molecule has 0 radical (unpaired) electrons. The van der Waals surface area contributed by atoms with E-state index in [9.17, 15) is 9.18 Å². The van der Waals surface area contributed by atoms with E-state index >= 15 is 0 Å². The molecule has 1 aliphatic heterocycles. The van der Waals surface area contributed by atoms with Crippen molar-refractivity contribution in [1.29, 1.82) is 0 Å². The number of rotatable bonds is 6. The standard InChI is InChI=1S/C20H27FN4O2.ClH/c1-14-12-15(2)25(23-14)19-5-4-16(13-18(19)21)20(26)24-9-6-17(7-10-24)27-11-3-8-22;/h4-5,12-13,17H,3,6-11,22H2,1-2H3;1H. The molecule has 0 atom stereocenters. The molecular formula is C20H28ClFN4O2. The lowest BCUT2D eigenvalue weighted by molar-refractivity contribution is 0.00843. The fourth-order valence-corrected chi connectivity index (χ4v) is 3.43. The van der Waals surface area contributed by atoms with Crippen LogP contribution in [0.5, 0.6) is 0 Å². The van der Waals surface area contributed by atoms with Crippen LogP contribution in [0.4, 0.5) is 4.39 Å². The summed E-state index contributed by atoms with van der Waals surface area (Å²) < 4.78 is 22.0. The molecule has 0 saturated carbocycles. The molecular weight excluding hydrogens is 383 g/mol. The summed E-state index contributed by atoms with van der Waals surface area (Å²) >= 11 is 0. The van der Waals surface area contributed by atoms with Gasteiger partial charge in [-0.2, -0.15) is 5.10 Å². The van der Waals surface area contributed by atoms with Crippen molar-refractivity contribution in [3.8, 4) is 5.69 Å². The highest BCUT2D eigenvalue weighted by Gasteiger charge is 2.24. The van der Waals surface area contributed by atoms with E-state index in [1.807, 2.05) is 19.9 Å². The Balaban J connectivity index is 0.00000280. The SMILES string of the molecule is Cc1cc(C)n(-c2ccc(C(=O)N3CCC(OCCCN)CC3)cc2F)n1.Cl. The van der Waals surface area contributed by atoms with Gasteiger partial charge in [0.25, 0.3) is 5.91 Å². The van der Waals surface area contributed by atoms with Crippen LogP contribution >= 0.6 is 12.4 Å². The molecule has 0 unspecified atom stereocenters. The van der Waals surface area contributed by atoms with Crippen molar-refractivity contribution < 1.29 is 13.9 Å². The van der Waals surface area contributed by atoms with Gasteiger partial charge in [-0.1, -0.05) is 0 Å². The molecule has 3 rings (SSSR count). The summed E-state index contributed by atoms with van der Waals surface area (Å²) in [5, 5.41) is 4.30. The monoisotopic (exact) mass is 410 g/mol. The second kappa shape index (κ2) is 10.0. The van der Waals surface area contributed by atoms with Gasteiger partial charge in [-0.25, -0.2) is 9.07 Å². The first-order chi connectivity index (χ1) is 13.0. The van der Waals surface area contributed by atoms with Gasteiger partial charge in [-0.3, -0.25) is 4.79 Å². The molecule has 2 heterocycles. The minimum Gasteiger partial charge on any atom is -0.378 e. The quantitative estimate of drug-likeness (QED) is 0.743. The average Bonchev–Trinajstić information content (AvgIpc) is 3.00. The third kappa shape index (κ3) is 5.10. The van der Waals surface area contributed by atoms with Crippen LogP contribution in [0.15, 0.2) is 24.3 Å². The Morgan fingerprint density at radius 1 is 1.29 bits per heavy atom. The molecule has 28 heavy (non-hydrogen) atoms. The number of piperidine rings is 1. The summed E-state index contributed by atoms with van der Waals surface area (Å²) in [5.74, 6) is -0.596. The Morgan fingerprint density at radius 2 is 2.00 bits per heavy atom. The Bertz CT molecular complexity index is 803. The van der Waals surface area contributed by atoms with Gasteiger partial charge >= 0.3 is 0 Å². The molecule has 1 amide bonds. The number of benzene rings is 1. The minimum absolute atomic E-state index is 0. The second-order valence-corrected chi connectivity index (χ2v) is 7.01. The fraction of sp³-hybridized carbons (Fsp3) is 0.500. The smallest absolute Gasteiger partial charge is 0.253 e. The molecule has 8 heteroatoms. The first kappa shape index (κ1) is 22.3. The number of carbonyl (C=O) groups excluding carboxylic acids is 1. The molecule has 6 nitrogen and oxygen atoms in total. The molecule has 1 aromatic carbocycles. The van der Waals surface area contributed by atoms with Crippen LogP contribution in [-0.2, 0) is 4.74 Å². The molecule has 0 spiro atoms. The molecule has 0 aliphatic carbocycles. The molecule has 0 bridgehead atoms. The maximum Gasteiger partial charge on any atom is 0.253 e. The highest BCUT2D eigenvalue weighted by Crippen LogP contribution is 2.21. The number of aryl methyl sites for hydroxylation is 2. The van der Waals surface area contributed by atoms with E-state index in [1.165, 1.54) is 6.07 Å². The topological polar surface area (TPSA) is 73.4 Å².